The molecule has 0 amide bonds. The highest BCUT2D eigenvalue weighted by atomic mass is 16.5. The van der Waals surface area contributed by atoms with Crippen LogP contribution in [0.5, 0.6) is 11.5 Å². The van der Waals surface area contributed by atoms with E-state index in [1.54, 1.807) is 24.3 Å². The molecule has 0 radical (unpaired) electrons. The topological polar surface area (TPSA) is 49.7 Å². The lowest BCUT2D eigenvalue weighted by Gasteiger charge is -2.09. The van der Waals surface area contributed by atoms with Gasteiger partial charge in [0.15, 0.2) is 0 Å². The molecule has 0 bridgehead atoms. The van der Waals surface area contributed by atoms with Gasteiger partial charge in [0.2, 0.25) is 0 Å². The van der Waals surface area contributed by atoms with Crippen molar-refractivity contribution in [2.75, 3.05) is 6.61 Å². The van der Waals surface area contributed by atoms with Gasteiger partial charge in [-0.2, -0.15) is 0 Å². The lowest BCUT2D eigenvalue weighted by Crippen LogP contribution is -2.15. The number of aliphatic hydroxyl groups is 1. The molecule has 13 heavy (non-hydrogen) atoms. The number of ether oxygens (including phenoxy) is 1. The Morgan fingerprint density at radius 1 is 1.31 bits per heavy atom. The second kappa shape index (κ2) is 4.72. The van der Waals surface area contributed by atoms with Gasteiger partial charge in [0.1, 0.15) is 18.1 Å². The van der Waals surface area contributed by atoms with Crippen molar-refractivity contribution in [3.8, 4) is 11.5 Å². The second-order valence-electron chi connectivity index (χ2n) is 2.87. The number of hydrogen-bond donors (Lipinski definition) is 2. The van der Waals surface area contributed by atoms with Gasteiger partial charge in [0, 0.05) is 0 Å². The van der Waals surface area contributed by atoms with Gasteiger partial charge in [-0.1, -0.05) is 6.92 Å². The zero-order chi connectivity index (χ0) is 9.68. The van der Waals surface area contributed by atoms with Gasteiger partial charge < -0.3 is 14.9 Å². The van der Waals surface area contributed by atoms with Crippen molar-refractivity contribution in [2.45, 2.75) is 19.4 Å². The van der Waals surface area contributed by atoms with Crippen LogP contribution in [0.15, 0.2) is 24.3 Å². The Hall–Kier alpha value is -1.22. The van der Waals surface area contributed by atoms with Crippen molar-refractivity contribution in [1.82, 2.24) is 0 Å². The minimum absolute atomic E-state index is 0.211. The first-order valence-electron chi connectivity index (χ1n) is 4.32. The van der Waals surface area contributed by atoms with Crippen molar-refractivity contribution in [3.63, 3.8) is 0 Å². The molecule has 0 saturated carbocycles. The summed E-state index contributed by atoms with van der Waals surface area (Å²) in [5.41, 5.74) is 0. The Morgan fingerprint density at radius 3 is 2.46 bits per heavy atom. The van der Waals surface area contributed by atoms with Crippen molar-refractivity contribution in [1.29, 1.82) is 0 Å². The Kier molecular flexibility index (Phi) is 3.58. The molecule has 1 aromatic rings. The third kappa shape index (κ3) is 3.34. The van der Waals surface area contributed by atoms with Crippen LogP contribution in [0, 0.1) is 0 Å². The molecule has 1 atom stereocenters. The number of benzene rings is 1. The predicted octanol–water partition coefficient (Wildman–Crippen LogP) is 1.54. The lowest BCUT2D eigenvalue weighted by atomic mass is 10.3. The van der Waals surface area contributed by atoms with Gasteiger partial charge in [0.05, 0.1) is 6.10 Å². The maximum atomic E-state index is 9.20. The van der Waals surface area contributed by atoms with E-state index in [-0.39, 0.29) is 5.75 Å². The first kappa shape index (κ1) is 9.86. The third-order valence-corrected chi connectivity index (χ3v) is 1.75. The minimum Gasteiger partial charge on any atom is -0.508 e. The van der Waals surface area contributed by atoms with E-state index in [1.807, 2.05) is 6.92 Å². The summed E-state index contributed by atoms with van der Waals surface area (Å²) in [6, 6.07) is 6.43. The summed E-state index contributed by atoms with van der Waals surface area (Å²) in [6.07, 6.45) is 0.256. The van der Waals surface area contributed by atoms with Gasteiger partial charge >= 0.3 is 0 Å². The van der Waals surface area contributed by atoms with Crippen LogP contribution in [0.4, 0.5) is 0 Å². The minimum atomic E-state index is -0.422. The van der Waals surface area contributed by atoms with Crippen molar-refractivity contribution in [2.24, 2.45) is 0 Å². The second-order valence-corrected chi connectivity index (χ2v) is 2.87. The molecule has 2 N–H and O–H groups in total. The molecule has 1 unspecified atom stereocenters. The summed E-state index contributed by atoms with van der Waals surface area (Å²) in [5.74, 6) is 0.869. The highest BCUT2D eigenvalue weighted by Gasteiger charge is 2.01. The number of aromatic hydroxyl groups is 1. The molecular weight excluding hydrogens is 168 g/mol. The summed E-state index contributed by atoms with van der Waals surface area (Å²) in [7, 11) is 0. The molecule has 0 aromatic heterocycles. The highest BCUT2D eigenvalue weighted by Crippen LogP contribution is 2.15. The fourth-order valence-electron chi connectivity index (χ4n) is 0.853. The van der Waals surface area contributed by atoms with Gasteiger partial charge in [-0.15, -0.1) is 0 Å². The van der Waals surface area contributed by atoms with Crippen LogP contribution in [-0.2, 0) is 0 Å². The van der Waals surface area contributed by atoms with E-state index in [2.05, 4.69) is 0 Å². The van der Waals surface area contributed by atoms with Crippen molar-refractivity contribution >= 4 is 0 Å². The zero-order valence-electron chi connectivity index (χ0n) is 7.60. The summed E-state index contributed by atoms with van der Waals surface area (Å²) in [4.78, 5) is 0. The predicted molar refractivity (Wildman–Crippen MR) is 49.9 cm³/mol. The summed E-state index contributed by atoms with van der Waals surface area (Å²) in [5, 5.41) is 18.2. The monoisotopic (exact) mass is 182 g/mol. The molecule has 3 heteroatoms. The summed E-state index contributed by atoms with van der Waals surface area (Å²) in [6.45, 7) is 2.19. The van der Waals surface area contributed by atoms with E-state index in [0.717, 1.165) is 0 Å². The largest absolute Gasteiger partial charge is 0.508 e. The summed E-state index contributed by atoms with van der Waals surface area (Å²) >= 11 is 0. The van der Waals surface area contributed by atoms with Crippen LogP contribution < -0.4 is 4.74 Å². The normalized spacial score (nSPS) is 12.5. The first-order valence-corrected chi connectivity index (χ1v) is 4.32. The fourth-order valence-corrected chi connectivity index (χ4v) is 0.853. The van der Waals surface area contributed by atoms with Gasteiger partial charge in [0.25, 0.3) is 0 Å². The Morgan fingerprint density at radius 2 is 1.92 bits per heavy atom. The Balaban J connectivity index is 2.41. The van der Waals surface area contributed by atoms with Gasteiger partial charge in [-0.25, -0.2) is 0 Å². The third-order valence-electron chi connectivity index (χ3n) is 1.75. The molecule has 0 spiro atoms. The number of phenols is 1. The molecule has 0 aliphatic heterocycles. The maximum Gasteiger partial charge on any atom is 0.119 e. The molecule has 1 aromatic carbocycles. The Bertz CT molecular complexity index is 243. The SMILES string of the molecule is CCC(O)COc1ccc(O)cc1. The van der Waals surface area contributed by atoms with E-state index in [4.69, 9.17) is 9.84 Å². The number of hydrogen-bond acceptors (Lipinski definition) is 3. The fraction of sp³-hybridized carbons (Fsp3) is 0.400. The first-order chi connectivity index (χ1) is 6.22. The van der Waals surface area contributed by atoms with Crippen LogP contribution >= 0.6 is 0 Å². The molecule has 0 aliphatic rings. The molecule has 3 nitrogen and oxygen atoms in total. The molecule has 72 valence electrons. The van der Waals surface area contributed by atoms with Crippen LogP contribution in [-0.4, -0.2) is 22.9 Å². The maximum absolute atomic E-state index is 9.20. The molecule has 1 rings (SSSR count). The molecule has 0 saturated heterocycles. The average molecular weight is 182 g/mol. The van der Waals surface area contributed by atoms with Crippen LogP contribution in [0.25, 0.3) is 0 Å². The van der Waals surface area contributed by atoms with E-state index in [1.165, 1.54) is 0 Å². The van der Waals surface area contributed by atoms with Gasteiger partial charge in [-0.05, 0) is 30.7 Å². The molecular formula is C10H14O3. The highest BCUT2D eigenvalue weighted by molar-refractivity contribution is 5.30. The van der Waals surface area contributed by atoms with E-state index >= 15 is 0 Å². The quantitative estimate of drug-likeness (QED) is 0.742. The van der Waals surface area contributed by atoms with E-state index < -0.39 is 6.10 Å². The molecule has 0 heterocycles. The van der Waals surface area contributed by atoms with Crippen LogP contribution in [0.2, 0.25) is 0 Å². The summed E-state index contributed by atoms with van der Waals surface area (Å²) < 4.78 is 5.25. The van der Waals surface area contributed by atoms with Crippen LogP contribution in [0.3, 0.4) is 0 Å². The number of rotatable bonds is 4. The van der Waals surface area contributed by atoms with Gasteiger partial charge in [-0.3, -0.25) is 0 Å². The molecule has 0 fully saturated rings. The Labute approximate surface area is 77.6 Å². The lowest BCUT2D eigenvalue weighted by molar-refractivity contribution is 0.104. The van der Waals surface area contributed by atoms with E-state index in [9.17, 15) is 5.11 Å². The smallest absolute Gasteiger partial charge is 0.119 e. The standard InChI is InChI=1S/C10H14O3/c1-2-8(11)7-13-10-5-3-9(12)4-6-10/h3-6,8,11-12H,2,7H2,1H3. The van der Waals surface area contributed by atoms with E-state index in [0.29, 0.717) is 18.8 Å². The van der Waals surface area contributed by atoms with Crippen LogP contribution in [0.1, 0.15) is 13.3 Å². The zero-order valence-corrected chi connectivity index (χ0v) is 7.60. The average Bonchev–Trinajstić information content (AvgIpc) is 2.16. The van der Waals surface area contributed by atoms with Crippen molar-refractivity contribution in [3.05, 3.63) is 24.3 Å². The number of aliphatic hydroxyl groups excluding tert-OH is 1. The van der Waals surface area contributed by atoms with Crippen molar-refractivity contribution < 1.29 is 14.9 Å². The molecule has 0 aliphatic carbocycles. The number of phenolic OH excluding ortho intramolecular Hbond substituents is 1.